The molecular weight excluding hydrogens is 264 g/mol. The van der Waals surface area contributed by atoms with Gasteiger partial charge < -0.3 is 29.9 Å². The Kier molecular flexibility index (Phi) is 7.94. The summed E-state index contributed by atoms with van der Waals surface area (Å²) in [7, 11) is 0. The Morgan fingerprint density at radius 2 is 1.60 bits per heavy atom. The first-order valence-electron chi connectivity index (χ1n) is 7.47. The van der Waals surface area contributed by atoms with Crippen LogP contribution in [-0.4, -0.2) is 64.3 Å². The lowest BCUT2D eigenvalue weighted by Crippen LogP contribution is -2.59. The van der Waals surface area contributed by atoms with Gasteiger partial charge in [0.15, 0.2) is 6.29 Å². The fourth-order valence-electron chi connectivity index (χ4n) is 2.56. The molecule has 5 atom stereocenters. The van der Waals surface area contributed by atoms with Crippen LogP contribution in [0.25, 0.3) is 0 Å². The van der Waals surface area contributed by atoms with Gasteiger partial charge in [0, 0.05) is 0 Å². The molecular formula is C14H28O6. The molecule has 1 aliphatic heterocycles. The van der Waals surface area contributed by atoms with E-state index in [-0.39, 0.29) is 0 Å². The van der Waals surface area contributed by atoms with Crippen molar-refractivity contribution in [3.05, 3.63) is 0 Å². The van der Waals surface area contributed by atoms with Crippen LogP contribution in [0.2, 0.25) is 0 Å². The number of rotatable bonds is 8. The molecule has 120 valence electrons. The second-order valence-corrected chi connectivity index (χ2v) is 5.47. The highest BCUT2D eigenvalue weighted by atomic mass is 16.7. The zero-order valence-corrected chi connectivity index (χ0v) is 12.3. The topological polar surface area (TPSA) is 99.4 Å². The molecule has 20 heavy (non-hydrogen) atoms. The highest BCUT2D eigenvalue weighted by molar-refractivity contribution is 4.88. The number of aliphatic hydroxyl groups is 4. The molecule has 4 N–H and O–H groups in total. The first-order valence-corrected chi connectivity index (χ1v) is 7.47. The van der Waals surface area contributed by atoms with Crippen molar-refractivity contribution in [1.82, 2.24) is 0 Å². The highest BCUT2D eigenvalue weighted by Gasteiger charge is 2.44. The van der Waals surface area contributed by atoms with Gasteiger partial charge in [-0.1, -0.05) is 26.7 Å². The van der Waals surface area contributed by atoms with Crippen LogP contribution in [0.4, 0.5) is 0 Å². The molecule has 1 heterocycles. The number of ether oxygens (including phenoxy) is 2. The Balaban J connectivity index is 2.52. The van der Waals surface area contributed by atoms with Crippen LogP contribution in [0.3, 0.4) is 0 Å². The average Bonchev–Trinajstić information content (AvgIpc) is 2.44. The fraction of sp³-hybridized carbons (Fsp3) is 1.00. The van der Waals surface area contributed by atoms with E-state index in [1.807, 2.05) is 0 Å². The van der Waals surface area contributed by atoms with Gasteiger partial charge in [0.05, 0.1) is 13.2 Å². The molecule has 5 unspecified atom stereocenters. The molecule has 1 aliphatic rings. The summed E-state index contributed by atoms with van der Waals surface area (Å²) >= 11 is 0. The zero-order valence-electron chi connectivity index (χ0n) is 12.3. The van der Waals surface area contributed by atoms with Gasteiger partial charge in [-0.2, -0.15) is 0 Å². The summed E-state index contributed by atoms with van der Waals surface area (Å²) in [6.45, 7) is 4.22. The molecule has 1 saturated heterocycles. The quantitative estimate of drug-likeness (QED) is 0.503. The van der Waals surface area contributed by atoms with Gasteiger partial charge in [-0.15, -0.1) is 0 Å². The lowest BCUT2D eigenvalue weighted by molar-refractivity contribution is -0.303. The minimum atomic E-state index is -1.37. The second-order valence-electron chi connectivity index (χ2n) is 5.47. The van der Waals surface area contributed by atoms with E-state index in [9.17, 15) is 15.3 Å². The van der Waals surface area contributed by atoms with Crippen molar-refractivity contribution in [2.75, 3.05) is 13.2 Å². The van der Waals surface area contributed by atoms with Crippen molar-refractivity contribution in [1.29, 1.82) is 0 Å². The van der Waals surface area contributed by atoms with Gasteiger partial charge in [-0.05, 0) is 18.8 Å². The average molecular weight is 292 g/mol. The summed E-state index contributed by atoms with van der Waals surface area (Å²) in [6.07, 6.45) is -1.76. The molecule has 1 rings (SSSR count). The van der Waals surface area contributed by atoms with Gasteiger partial charge in [0.2, 0.25) is 0 Å². The molecule has 0 amide bonds. The third-order valence-corrected chi connectivity index (χ3v) is 3.74. The molecule has 0 bridgehead atoms. The lowest BCUT2D eigenvalue weighted by atomic mass is 9.98. The van der Waals surface area contributed by atoms with Crippen LogP contribution in [0.1, 0.15) is 39.5 Å². The van der Waals surface area contributed by atoms with E-state index in [0.29, 0.717) is 12.5 Å². The van der Waals surface area contributed by atoms with Crippen LogP contribution in [0, 0.1) is 5.92 Å². The molecule has 0 saturated carbocycles. The van der Waals surface area contributed by atoms with E-state index in [2.05, 4.69) is 13.8 Å². The standard InChI is InChI=1S/C14H28O6/c1-3-5-9(6-4-2)8-19-14-13(18)12(17)11(16)10(7-15)20-14/h9-18H,3-8H2,1-2H3. The van der Waals surface area contributed by atoms with E-state index in [0.717, 1.165) is 25.7 Å². The summed E-state index contributed by atoms with van der Waals surface area (Å²) in [5.74, 6) is 0.386. The summed E-state index contributed by atoms with van der Waals surface area (Å²) in [4.78, 5) is 0. The van der Waals surface area contributed by atoms with Crippen LogP contribution >= 0.6 is 0 Å². The van der Waals surface area contributed by atoms with Gasteiger partial charge in [0.1, 0.15) is 24.4 Å². The Morgan fingerprint density at radius 1 is 1.00 bits per heavy atom. The van der Waals surface area contributed by atoms with Gasteiger partial charge >= 0.3 is 0 Å². The van der Waals surface area contributed by atoms with Crippen molar-refractivity contribution in [3.63, 3.8) is 0 Å². The molecule has 0 radical (unpaired) electrons. The Labute approximate surface area is 120 Å². The van der Waals surface area contributed by atoms with Gasteiger partial charge in [-0.3, -0.25) is 0 Å². The van der Waals surface area contributed by atoms with E-state index < -0.39 is 37.3 Å². The summed E-state index contributed by atoms with van der Waals surface area (Å²) in [6, 6.07) is 0. The maximum atomic E-state index is 9.85. The predicted molar refractivity (Wildman–Crippen MR) is 73.0 cm³/mol. The van der Waals surface area contributed by atoms with E-state index in [4.69, 9.17) is 14.6 Å². The maximum Gasteiger partial charge on any atom is 0.186 e. The molecule has 0 spiro atoms. The van der Waals surface area contributed by atoms with E-state index in [1.165, 1.54) is 0 Å². The monoisotopic (exact) mass is 292 g/mol. The Bertz CT molecular complexity index is 254. The number of aliphatic hydroxyl groups excluding tert-OH is 4. The largest absolute Gasteiger partial charge is 0.394 e. The van der Waals surface area contributed by atoms with Crippen molar-refractivity contribution >= 4 is 0 Å². The molecule has 6 nitrogen and oxygen atoms in total. The minimum Gasteiger partial charge on any atom is -0.394 e. The van der Waals surface area contributed by atoms with Crippen LogP contribution in [0.5, 0.6) is 0 Å². The second kappa shape index (κ2) is 8.92. The fourth-order valence-corrected chi connectivity index (χ4v) is 2.56. The highest BCUT2D eigenvalue weighted by Crippen LogP contribution is 2.23. The molecule has 0 aromatic heterocycles. The molecule has 0 aliphatic carbocycles. The normalized spacial score (nSPS) is 34.6. The van der Waals surface area contributed by atoms with Crippen molar-refractivity contribution in [2.45, 2.75) is 70.2 Å². The third-order valence-electron chi connectivity index (χ3n) is 3.74. The van der Waals surface area contributed by atoms with Crippen molar-refractivity contribution in [2.24, 2.45) is 5.92 Å². The molecule has 1 fully saturated rings. The first kappa shape index (κ1) is 17.8. The zero-order chi connectivity index (χ0) is 15.1. The lowest BCUT2D eigenvalue weighted by Gasteiger charge is -2.40. The Hall–Kier alpha value is -0.240. The smallest absolute Gasteiger partial charge is 0.186 e. The maximum absolute atomic E-state index is 9.85. The minimum absolute atomic E-state index is 0.386. The predicted octanol–water partition coefficient (Wildman–Crippen LogP) is 0.0193. The molecule has 0 aromatic carbocycles. The SMILES string of the molecule is CCCC(CCC)COC1OC(CO)C(O)C(O)C1O. The van der Waals surface area contributed by atoms with Crippen LogP contribution in [-0.2, 0) is 9.47 Å². The summed E-state index contributed by atoms with van der Waals surface area (Å²) < 4.78 is 10.9. The van der Waals surface area contributed by atoms with Crippen LogP contribution in [0.15, 0.2) is 0 Å². The van der Waals surface area contributed by atoms with Crippen LogP contribution < -0.4 is 0 Å². The van der Waals surface area contributed by atoms with E-state index >= 15 is 0 Å². The molecule has 0 aromatic rings. The number of hydrogen-bond donors (Lipinski definition) is 4. The van der Waals surface area contributed by atoms with Gasteiger partial charge in [0.25, 0.3) is 0 Å². The molecule has 6 heteroatoms. The number of hydrogen-bond acceptors (Lipinski definition) is 6. The van der Waals surface area contributed by atoms with Crippen molar-refractivity contribution < 1.29 is 29.9 Å². The van der Waals surface area contributed by atoms with E-state index in [1.54, 1.807) is 0 Å². The Morgan fingerprint density at radius 3 is 2.10 bits per heavy atom. The third kappa shape index (κ3) is 4.65. The summed E-state index contributed by atoms with van der Waals surface area (Å²) in [5, 5.41) is 38.3. The first-order chi connectivity index (χ1) is 9.54. The summed E-state index contributed by atoms with van der Waals surface area (Å²) in [5.41, 5.74) is 0. The van der Waals surface area contributed by atoms with Gasteiger partial charge in [-0.25, -0.2) is 0 Å². The van der Waals surface area contributed by atoms with Crippen molar-refractivity contribution in [3.8, 4) is 0 Å².